The van der Waals surface area contributed by atoms with Gasteiger partial charge < -0.3 is 24.1 Å². The first-order valence-corrected chi connectivity index (χ1v) is 6.53. The smallest absolute Gasteiger partial charge is 0.191 e. The third-order valence-corrected chi connectivity index (χ3v) is 3.59. The van der Waals surface area contributed by atoms with Gasteiger partial charge in [-0.1, -0.05) is 30.3 Å². The molecule has 2 fully saturated rings. The van der Waals surface area contributed by atoms with Gasteiger partial charge in [-0.05, 0) is 0 Å². The van der Waals surface area contributed by atoms with Crippen LogP contribution in [-0.4, -0.2) is 49.6 Å². The molecule has 1 aromatic carbocycles. The van der Waals surface area contributed by atoms with Crippen molar-refractivity contribution in [3.63, 3.8) is 0 Å². The summed E-state index contributed by atoms with van der Waals surface area (Å²) in [4.78, 5) is 0. The van der Waals surface area contributed by atoms with E-state index in [1.54, 1.807) is 0 Å². The molecular formula is C14H17FO5. The molecule has 0 spiro atoms. The maximum Gasteiger partial charge on any atom is 0.191 e. The molecule has 1 unspecified atom stereocenters. The Morgan fingerprint density at radius 2 is 2.00 bits per heavy atom. The van der Waals surface area contributed by atoms with Crippen LogP contribution >= 0.6 is 0 Å². The molecule has 0 saturated carbocycles. The van der Waals surface area contributed by atoms with E-state index in [0.717, 1.165) is 5.56 Å². The molecule has 1 aromatic rings. The Balaban J connectivity index is 1.74. The zero-order valence-corrected chi connectivity index (χ0v) is 11.0. The monoisotopic (exact) mass is 284 g/mol. The van der Waals surface area contributed by atoms with Crippen LogP contribution in [0.15, 0.2) is 30.3 Å². The topological polar surface area (TPSA) is 57.2 Å². The second-order valence-corrected chi connectivity index (χ2v) is 4.89. The first kappa shape index (κ1) is 13.9. The summed E-state index contributed by atoms with van der Waals surface area (Å²) in [5.74, 6) is 0. The second-order valence-electron chi connectivity index (χ2n) is 4.89. The molecule has 0 bridgehead atoms. The molecule has 0 amide bonds. The number of fused-ring (bicyclic) bond motifs is 1. The standard InChI is InChI=1S/C14H17FO5/c1-17-14-10(15)11(16)12-9(19-14)7-18-13(20-12)8-5-3-2-4-6-8/h2-6,9-14,16H,7H2,1H3/t9-,10+,11-,12-,13?,14-/m1/s1. The largest absolute Gasteiger partial charge is 0.387 e. The first-order valence-electron chi connectivity index (χ1n) is 6.53. The van der Waals surface area contributed by atoms with Gasteiger partial charge in [0.15, 0.2) is 18.8 Å². The van der Waals surface area contributed by atoms with Crippen molar-refractivity contribution in [2.75, 3.05) is 13.7 Å². The molecule has 2 heterocycles. The van der Waals surface area contributed by atoms with Crippen LogP contribution in [0.1, 0.15) is 11.9 Å². The number of aliphatic hydroxyl groups excluding tert-OH is 1. The lowest BCUT2D eigenvalue weighted by molar-refractivity contribution is -0.350. The minimum absolute atomic E-state index is 0.216. The molecule has 2 aliphatic heterocycles. The number of halogens is 1. The average molecular weight is 284 g/mol. The van der Waals surface area contributed by atoms with Gasteiger partial charge in [0, 0.05) is 12.7 Å². The van der Waals surface area contributed by atoms with E-state index in [1.165, 1.54) is 7.11 Å². The highest BCUT2D eigenvalue weighted by atomic mass is 19.1. The van der Waals surface area contributed by atoms with Crippen LogP contribution in [0.4, 0.5) is 4.39 Å². The highest BCUT2D eigenvalue weighted by Crippen LogP contribution is 2.34. The Morgan fingerprint density at radius 1 is 1.25 bits per heavy atom. The first-order chi connectivity index (χ1) is 9.70. The van der Waals surface area contributed by atoms with Crippen molar-refractivity contribution in [2.45, 2.75) is 37.1 Å². The Kier molecular flexibility index (Phi) is 4.00. The van der Waals surface area contributed by atoms with E-state index in [4.69, 9.17) is 18.9 Å². The minimum atomic E-state index is -1.64. The van der Waals surface area contributed by atoms with Crippen LogP contribution in [0.5, 0.6) is 0 Å². The van der Waals surface area contributed by atoms with E-state index in [0.29, 0.717) is 0 Å². The fraction of sp³-hybridized carbons (Fsp3) is 0.571. The van der Waals surface area contributed by atoms with E-state index >= 15 is 0 Å². The lowest BCUT2D eigenvalue weighted by Gasteiger charge is -2.45. The fourth-order valence-electron chi connectivity index (χ4n) is 2.52. The summed E-state index contributed by atoms with van der Waals surface area (Å²) in [6.45, 7) is 0.216. The van der Waals surface area contributed by atoms with E-state index in [-0.39, 0.29) is 6.61 Å². The summed E-state index contributed by atoms with van der Waals surface area (Å²) < 4.78 is 35.4. The van der Waals surface area contributed by atoms with Crippen LogP contribution in [0, 0.1) is 0 Å². The highest BCUT2D eigenvalue weighted by molar-refractivity contribution is 5.16. The molecule has 5 nitrogen and oxygen atoms in total. The Hall–Kier alpha value is -1.05. The molecule has 2 saturated heterocycles. The number of hydrogen-bond acceptors (Lipinski definition) is 5. The van der Waals surface area contributed by atoms with Crippen molar-refractivity contribution in [3.05, 3.63) is 35.9 Å². The third kappa shape index (κ3) is 2.45. The summed E-state index contributed by atoms with van der Waals surface area (Å²) in [6.07, 6.45) is -5.96. The number of benzene rings is 1. The molecule has 110 valence electrons. The third-order valence-electron chi connectivity index (χ3n) is 3.59. The van der Waals surface area contributed by atoms with Crippen LogP contribution in [0.3, 0.4) is 0 Å². The second kappa shape index (κ2) is 5.75. The lowest BCUT2D eigenvalue weighted by atomic mass is 9.99. The normalized spacial score (nSPS) is 41.1. The van der Waals surface area contributed by atoms with E-state index in [9.17, 15) is 9.50 Å². The maximum absolute atomic E-state index is 13.9. The predicted molar refractivity (Wildman–Crippen MR) is 66.6 cm³/mol. The Morgan fingerprint density at radius 3 is 2.70 bits per heavy atom. The average Bonchev–Trinajstić information content (AvgIpc) is 2.51. The van der Waals surface area contributed by atoms with E-state index in [1.807, 2.05) is 30.3 Å². The predicted octanol–water partition coefficient (Wildman–Crippen LogP) is 1.17. The van der Waals surface area contributed by atoms with E-state index < -0.39 is 37.1 Å². The molecule has 6 heteroatoms. The molecule has 3 rings (SSSR count). The van der Waals surface area contributed by atoms with Gasteiger partial charge in [-0.3, -0.25) is 0 Å². The summed E-state index contributed by atoms with van der Waals surface area (Å²) in [5.41, 5.74) is 0.822. The van der Waals surface area contributed by atoms with Crippen molar-refractivity contribution < 1.29 is 28.4 Å². The van der Waals surface area contributed by atoms with Gasteiger partial charge in [-0.15, -0.1) is 0 Å². The Bertz CT molecular complexity index is 440. The quantitative estimate of drug-likeness (QED) is 0.883. The summed E-state index contributed by atoms with van der Waals surface area (Å²) in [6, 6.07) is 9.31. The SMILES string of the molecule is CO[C@@H]1O[C@@H]2COC(c3ccccc3)O[C@H]2[C@H](O)[C@@H]1F. The number of ether oxygens (including phenoxy) is 4. The van der Waals surface area contributed by atoms with Crippen LogP contribution < -0.4 is 0 Å². The van der Waals surface area contributed by atoms with Crippen molar-refractivity contribution in [1.82, 2.24) is 0 Å². The summed E-state index contributed by atoms with van der Waals surface area (Å²) >= 11 is 0. The van der Waals surface area contributed by atoms with Gasteiger partial charge in [-0.25, -0.2) is 4.39 Å². The number of alkyl halides is 1. The minimum Gasteiger partial charge on any atom is -0.387 e. The van der Waals surface area contributed by atoms with Crippen molar-refractivity contribution >= 4 is 0 Å². The number of hydrogen-bond donors (Lipinski definition) is 1. The number of methoxy groups -OCH3 is 1. The van der Waals surface area contributed by atoms with Gasteiger partial charge in [0.05, 0.1) is 6.61 Å². The van der Waals surface area contributed by atoms with Crippen molar-refractivity contribution in [2.24, 2.45) is 0 Å². The van der Waals surface area contributed by atoms with Gasteiger partial charge in [0.2, 0.25) is 0 Å². The van der Waals surface area contributed by atoms with Gasteiger partial charge >= 0.3 is 0 Å². The van der Waals surface area contributed by atoms with Gasteiger partial charge in [0.1, 0.15) is 18.3 Å². The molecule has 6 atom stereocenters. The van der Waals surface area contributed by atoms with E-state index in [2.05, 4.69) is 0 Å². The number of rotatable bonds is 2. The maximum atomic E-state index is 13.9. The van der Waals surface area contributed by atoms with Crippen LogP contribution in [-0.2, 0) is 18.9 Å². The zero-order valence-electron chi connectivity index (χ0n) is 11.0. The van der Waals surface area contributed by atoms with Gasteiger partial charge in [-0.2, -0.15) is 0 Å². The summed E-state index contributed by atoms with van der Waals surface area (Å²) in [5, 5.41) is 10.0. The molecular weight excluding hydrogens is 267 g/mol. The molecule has 1 N–H and O–H groups in total. The van der Waals surface area contributed by atoms with Crippen molar-refractivity contribution in [1.29, 1.82) is 0 Å². The zero-order chi connectivity index (χ0) is 14.1. The molecule has 0 aliphatic carbocycles. The number of aliphatic hydroxyl groups is 1. The molecule has 0 radical (unpaired) electrons. The molecule has 0 aromatic heterocycles. The van der Waals surface area contributed by atoms with Crippen LogP contribution in [0.2, 0.25) is 0 Å². The Labute approximate surface area is 116 Å². The highest BCUT2D eigenvalue weighted by Gasteiger charge is 2.49. The molecule has 20 heavy (non-hydrogen) atoms. The van der Waals surface area contributed by atoms with Crippen LogP contribution in [0.25, 0.3) is 0 Å². The lowest BCUT2D eigenvalue weighted by Crippen LogP contribution is -2.60. The van der Waals surface area contributed by atoms with Crippen molar-refractivity contribution in [3.8, 4) is 0 Å². The molecule has 2 aliphatic rings. The fourth-order valence-corrected chi connectivity index (χ4v) is 2.52. The van der Waals surface area contributed by atoms with Gasteiger partial charge in [0.25, 0.3) is 0 Å². The summed E-state index contributed by atoms with van der Waals surface area (Å²) in [7, 11) is 1.33.